The van der Waals surface area contributed by atoms with Crippen molar-refractivity contribution < 1.29 is 9.53 Å². The monoisotopic (exact) mass is 412 g/mol. The lowest BCUT2D eigenvalue weighted by molar-refractivity contribution is -0.140. The molecule has 0 bridgehead atoms. The van der Waals surface area contributed by atoms with E-state index in [4.69, 9.17) is 9.72 Å². The van der Waals surface area contributed by atoms with Crippen molar-refractivity contribution >= 4 is 17.7 Å². The molecular formula is C23H28N2O3S. The second-order valence-electron chi connectivity index (χ2n) is 8.36. The number of hydrogen-bond donors (Lipinski definition) is 1. The number of thioether (sulfide) groups is 1. The van der Waals surface area contributed by atoms with E-state index in [9.17, 15) is 9.59 Å². The third-order valence-corrected chi connectivity index (χ3v) is 7.45. The number of nitrogens with zero attached hydrogens (tertiary/aromatic N) is 1. The molecular weight excluding hydrogens is 384 g/mol. The van der Waals surface area contributed by atoms with Gasteiger partial charge in [0, 0.05) is 16.7 Å². The van der Waals surface area contributed by atoms with Crippen LogP contribution in [0.15, 0.2) is 34.2 Å². The summed E-state index contributed by atoms with van der Waals surface area (Å²) in [5, 5.41) is 0.570. The van der Waals surface area contributed by atoms with Gasteiger partial charge in [0.2, 0.25) is 0 Å². The van der Waals surface area contributed by atoms with E-state index in [1.54, 1.807) is 0 Å². The van der Waals surface area contributed by atoms with Gasteiger partial charge < -0.3 is 9.72 Å². The van der Waals surface area contributed by atoms with Gasteiger partial charge in [-0.3, -0.25) is 9.59 Å². The summed E-state index contributed by atoms with van der Waals surface area (Å²) in [5.41, 5.74) is 3.79. The molecule has 154 valence electrons. The number of aromatic nitrogens is 2. The van der Waals surface area contributed by atoms with Crippen molar-refractivity contribution in [3.63, 3.8) is 0 Å². The van der Waals surface area contributed by atoms with E-state index >= 15 is 0 Å². The fourth-order valence-corrected chi connectivity index (χ4v) is 5.84. The van der Waals surface area contributed by atoms with Crippen molar-refractivity contribution in [1.82, 2.24) is 9.97 Å². The molecule has 1 N–H and O–H groups in total. The Balaban J connectivity index is 1.75. The number of benzene rings is 1. The number of hydrogen-bond acceptors (Lipinski definition) is 5. The van der Waals surface area contributed by atoms with Crippen LogP contribution in [0, 0.1) is 5.92 Å². The highest BCUT2D eigenvalue weighted by Crippen LogP contribution is 2.48. The molecule has 4 rings (SSSR count). The third kappa shape index (κ3) is 3.87. The van der Waals surface area contributed by atoms with Crippen molar-refractivity contribution in [2.75, 3.05) is 12.9 Å². The third-order valence-electron chi connectivity index (χ3n) is 6.58. The molecule has 29 heavy (non-hydrogen) atoms. The Hall–Kier alpha value is -2.08. The van der Waals surface area contributed by atoms with Crippen molar-refractivity contribution in [2.24, 2.45) is 5.92 Å². The van der Waals surface area contributed by atoms with Crippen molar-refractivity contribution in [3.8, 4) is 11.3 Å². The smallest absolute Gasteiger partial charge is 0.306 e. The van der Waals surface area contributed by atoms with Crippen LogP contribution >= 0.6 is 11.8 Å². The highest BCUT2D eigenvalue weighted by atomic mass is 32.2. The molecule has 1 unspecified atom stereocenters. The molecule has 1 aromatic carbocycles. The van der Waals surface area contributed by atoms with E-state index in [1.165, 1.54) is 56.5 Å². The summed E-state index contributed by atoms with van der Waals surface area (Å²) in [6.45, 7) is 2.26. The molecule has 2 aromatic rings. The molecule has 1 saturated carbocycles. The quantitative estimate of drug-likeness (QED) is 0.445. The molecule has 0 spiro atoms. The maximum Gasteiger partial charge on any atom is 0.306 e. The first-order chi connectivity index (χ1) is 14.0. The number of nitrogens with one attached hydrogen (secondary N) is 1. The van der Waals surface area contributed by atoms with Crippen molar-refractivity contribution in [2.45, 2.75) is 62.4 Å². The van der Waals surface area contributed by atoms with Gasteiger partial charge in [-0.2, -0.15) is 0 Å². The van der Waals surface area contributed by atoms with Gasteiger partial charge in [-0.15, -0.1) is 0 Å². The number of aromatic amines is 1. The minimum Gasteiger partial charge on any atom is -0.469 e. The maximum absolute atomic E-state index is 13.3. The number of ether oxygens (including phenoxy) is 1. The molecule has 0 saturated heterocycles. The van der Waals surface area contributed by atoms with Crippen LogP contribution in [0.5, 0.6) is 0 Å². The Morgan fingerprint density at radius 2 is 2.03 bits per heavy atom. The highest BCUT2D eigenvalue weighted by Gasteiger charge is 2.44. The highest BCUT2D eigenvalue weighted by molar-refractivity contribution is 7.99. The standard InChI is InChI=1S/C23H28N2O3S/c1-23(16-9-4-3-5-10-16)14-15-8-6-7-11-17(15)20-19(23)21(27)25-22(24-20)29-13-12-18(26)28-2/h6-8,11,16H,3-5,9-10,12-14H2,1-2H3,(H,24,25,27). The Bertz CT molecular complexity index is 965. The second-order valence-corrected chi connectivity index (χ2v) is 9.44. The Labute approximate surface area is 175 Å². The molecule has 1 atom stereocenters. The van der Waals surface area contributed by atoms with E-state index < -0.39 is 0 Å². The van der Waals surface area contributed by atoms with Crippen molar-refractivity contribution in [3.05, 3.63) is 45.7 Å². The molecule has 1 aromatic heterocycles. The zero-order chi connectivity index (χ0) is 20.4. The van der Waals surface area contributed by atoms with Crippen LogP contribution in [-0.4, -0.2) is 28.8 Å². The molecule has 0 amide bonds. The van der Waals surface area contributed by atoms with Gasteiger partial charge >= 0.3 is 5.97 Å². The summed E-state index contributed by atoms with van der Waals surface area (Å²) in [7, 11) is 1.38. The van der Waals surface area contributed by atoms with E-state index in [1.807, 2.05) is 6.07 Å². The summed E-state index contributed by atoms with van der Waals surface area (Å²) in [6.07, 6.45) is 7.30. The number of fused-ring (bicyclic) bond motifs is 3. The van der Waals surface area contributed by atoms with Crippen LogP contribution < -0.4 is 5.56 Å². The minimum atomic E-state index is -0.256. The summed E-state index contributed by atoms with van der Waals surface area (Å²) < 4.78 is 4.70. The van der Waals surface area contributed by atoms with Crippen LogP contribution in [0.2, 0.25) is 0 Å². The number of methoxy groups -OCH3 is 1. The SMILES string of the molecule is COC(=O)CCSc1nc2c(c(=O)[nH]1)C(C)(C1CCCCC1)Cc1ccccc1-2. The van der Waals surface area contributed by atoms with Gasteiger partial charge in [0.05, 0.1) is 24.8 Å². The first-order valence-electron chi connectivity index (χ1n) is 10.5. The molecule has 2 aliphatic carbocycles. The van der Waals surface area contributed by atoms with E-state index in [2.05, 4.69) is 30.1 Å². The second kappa shape index (κ2) is 8.34. The van der Waals surface area contributed by atoms with Crippen LogP contribution in [0.25, 0.3) is 11.3 Å². The summed E-state index contributed by atoms with van der Waals surface area (Å²) in [4.78, 5) is 32.6. The zero-order valence-electron chi connectivity index (χ0n) is 17.1. The molecule has 0 radical (unpaired) electrons. The zero-order valence-corrected chi connectivity index (χ0v) is 17.9. The van der Waals surface area contributed by atoms with Crippen LogP contribution in [0.3, 0.4) is 0 Å². The fourth-order valence-electron chi connectivity index (χ4n) is 5.06. The number of H-pyrrole nitrogens is 1. The first kappa shape index (κ1) is 20.2. The number of carbonyl (C=O) groups is 1. The van der Waals surface area contributed by atoms with Crippen LogP contribution in [-0.2, 0) is 21.4 Å². The van der Waals surface area contributed by atoms with Gasteiger partial charge in [-0.1, -0.05) is 62.2 Å². The lowest BCUT2D eigenvalue weighted by Gasteiger charge is -2.43. The molecule has 0 aliphatic heterocycles. The topological polar surface area (TPSA) is 72.0 Å². The predicted octanol–water partition coefficient (Wildman–Crippen LogP) is 4.49. The summed E-state index contributed by atoms with van der Waals surface area (Å²) in [5.74, 6) is 0.771. The average Bonchev–Trinajstić information content (AvgIpc) is 2.74. The van der Waals surface area contributed by atoms with E-state index in [0.717, 1.165) is 23.2 Å². The molecule has 1 fully saturated rings. The van der Waals surface area contributed by atoms with Gasteiger partial charge in [0.15, 0.2) is 5.16 Å². The maximum atomic E-state index is 13.3. The molecule has 6 heteroatoms. The van der Waals surface area contributed by atoms with E-state index in [0.29, 0.717) is 23.2 Å². The van der Waals surface area contributed by atoms with Gasteiger partial charge in [-0.25, -0.2) is 4.98 Å². The largest absolute Gasteiger partial charge is 0.469 e. The number of esters is 1. The van der Waals surface area contributed by atoms with Crippen LogP contribution in [0.1, 0.15) is 56.6 Å². The fraction of sp³-hybridized carbons (Fsp3) is 0.522. The molecule has 5 nitrogen and oxygen atoms in total. The summed E-state index contributed by atoms with van der Waals surface area (Å²) in [6, 6.07) is 8.33. The van der Waals surface area contributed by atoms with Gasteiger partial charge in [-0.05, 0) is 30.7 Å². The lowest BCUT2D eigenvalue weighted by Crippen LogP contribution is -2.43. The lowest BCUT2D eigenvalue weighted by atomic mass is 9.60. The predicted molar refractivity (Wildman–Crippen MR) is 115 cm³/mol. The van der Waals surface area contributed by atoms with E-state index in [-0.39, 0.29) is 16.9 Å². The minimum absolute atomic E-state index is 0.0295. The molecule has 2 aliphatic rings. The average molecular weight is 413 g/mol. The van der Waals surface area contributed by atoms with Gasteiger partial charge in [0.25, 0.3) is 5.56 Å². The number of rotatable bonds is 5. The van der Waals surface area contributed by atoms with Gasteiger partial charge in [0.1, 0.15) is 0 Å². The normalized spacial score (nSPS) is 21.3. The Morgan fingerprint density at radius 3 is 2.79 bits per heavy atom. The first-order valence-corrected chi connectivity index (χ1v) is 11.4. The van der Waals surface area contributed by atoms with Crippen LogP contribution in [0.4, 0.5) is 0 Å². The summed E-state index contributed by atoms with van der Waals surface area (Å²) >= 11 is 1.39. The molecule has 1 heterocycles. The Kier molecular flexibility index (Phi) is 5.81. The van der Waals surface area contributed by atoms with Crippen molar-refractivity contribution in [1.29, 1.82) is 0 Å². The number of carbonyl (C=O) groups excluding carboxylic acids is 1. The Morgan fingerprint density at radius 1 is 1.28 bits per heavy atom.